The number of benzene rings is 4. The second-order valence-corrected chi connectivity index (χ2v) is 10.8. The number of nitrogens with one attached hydrogen (secondary N) is 2. The minimum atomic E-state index is -0.117. The SMILES string of the molecule is CC(C)N(Cc1ccccc1)C(=O)Nc1ccc(Cc2ccc(NC(=O)N(Cc3ccccc3)C(C)C)cc2)cc1. The molecule has 41 heavy (non-hydrogen) atoms. The highest BCUT2D eigenvalue weighted by Gasteiger charge is 2.18. The van der Waals surface area contributed by atoms with Gasteiger partial charge in [-0.15, -0.1) is 0 Å². The van der Waals surface area contributed by atoms with Crippen molar-refractivity contribution in [1.29, 1.82) is 0 Å². The van der Waals surface area contributed by atoms with Gasteiger partial charge in [0.25, 0.3) is 0 Å². The molecule has 0 bridgehead atoms. The molecule has 0 aliphatic carbocycles. The quantitative estimate of drug-likeness (QED) is 0.210. The summed E-state index contributed by atoms with van der Waals surface area (Å²) in [5.41, 5.74) is 6.00. The fraction of sp³-hybridized carbons (Fsp3) is 0.257. The molecule has 4 aromatic carbocycles. The van der Waals surface area contributed by atoms with E-state index < -0.39 is 0 Å². The Bertz CT molecular complexity index is 1280. The van der Waals surface area contributed by atoms with E-state index in [1.165, 1.54) is 0 Å². The van der Waals surface area contributed by atoms with Crippen LogP contribution in [0.3, 0.4) is 0 Å². The lowest BCUT2D eigenvalue weighted by Crippen LogP contribution is -2.39. The minimum Gasteiger partial charge on any atom is -0.318 e. The molecular formula is C35H40N4O2. The van der Waals surface area contributed by atoms with Crippen LogP contribution in [0.15, 0.2) is 109 Å². The Morgan fingerprint density at radius 1 is 0.512 bits per heavy atom. The van der Waals surface area contributed by atoms with E-state index in [1.54, 1.807) is 0 Å². The van der Waals surface area contributed by atoms with Crippen molar-refractivity contribution < 1.29 is 9.59 Å². The number of hydrogen-bond acceptors (Lipinski definition) is 2. The Morgan fingerprint density at radius 3 is 1.17 bits per heavy atom. The molecule has 0 aliphatic rings. The van der Waals surface area contributed by atoms with Gasteiger partial charge in [-0.2, -0.15) is 0 Å². The summed E-state index contributed by atoms with van der Waals surface area (Å²) < 4.78 is 0. The lowest BCUT2D eigenvalue weighted by molar-refractivity contribution is 0.193. The van der Waals surface area contributed by atoms with Crippen LogP contribution in [0, 0.1) is 0 Å². The first kappa shape index (κ1) is 29.4. The molecule has 4 aromatic rings. The van der Waals surface area contributed by atoms with Crippen molar-refractivity contribution in [2.24, 2.45) is 0 Å². The van der Waals surface area contributed by atoms with Crippen molar-refractivity contribution in [3.8, 4) is 0 Å². The van der Waals surface area contributed by atoms with Crippen LogP contribution in [-0.4, -0.2) is 33.9 Å². The molecule has 0 spiro atoms. The van der Waals surface area contributed by atoms with Gasteiger partial charge in [0.15, 0.2) is 0 Å². The molecule has 4 amide bonds. The van der Waals surface area contributed by atoms with Gasteiger partial charge < -0.3 is 20.4 Å². The topological polar surface area (TPSA) is 64.7 Å². The summed E-state index contributed by atoms with van der Waals surface area (Å²) >= 11 is 0. The molecule has 6 heteroatoms. The van der Waals surface area contributed by atoms with Gasteiger partial charge >= 0.3 is 12.1 Å². The van der Waals surface area contributed by atoms with Gasteiger partial charge in [-0.05, 0) is 80.6 Å². The summed E-state index contributed by atoms with van der Waals surface area (Å²) in [5, 5.41) is 6.07. The van der Waals surface area contributed by atoms with Crippen molar-refractivity contribution in [1.82, 2.24) is 9.80 Å². The first-order chi connectivity index (χ1) is 19.8. The zero-order valence-corrected chi connectivity index (χ0v) is 24.4. The van der Waals surface area contributed by atoms with E-state index in [0.717, 1.165) is 40.0 Å². The molecule has 0 aromatic heterocycles. The molecule has 0 atom stereocenters. The molecule has 0 saturated carbocycles. The third kappa shape index (κ3) is 8.70. The average molecular weight is 549 g/mol. The third-order valence-electron chi connectivity index (χ3n) is 6.98. The maximum absolute atomic E-state index is 13.0. The van der Waals surface area contributed by atoms with Crippen LogP contribution in [0.4, 0.5) is 21.0 Å². The highest BCUT2D eigenvalue weighted by Crippen LogP contribution is 2.19. The first-order valence-electron chi connectivity index (χ1n) is 14.2. The zero-order valence-electron chi connectivity index (χ0n) is 24.4. The fourth-order valence-corrected chi connectivity index (χ4v) is 4.58. The average Bonchev–Trinajstić information content (AvgIpc) is 2.97. The number of anilines is 2. The van der Waals surface area contributed by atoms with Gasteiger partial charge in [0, 0.05) is 36.5 Å². The molecule has 0 radical (unpaired) electrons. The monoisotopic (exact) mass is 548 g/mol. The van der Waals surface area contributed by atoms with Gasteiger partial charge in [-0.3, -0.25) is 0 Å². The van der Waals surface area contributed by atoms with E-state index in [0.29, 0.717) is 13.1 Å². The maximum Gasteiger partial charge on any atom is 0.322 e. The number of rotatable bonds is 10. The largest absolute Gasteiger partial charge is 0.322 e. The van der Waals surface area contributed by atoms with Gasteiger partial charge in [-0.25, -0.2) is 9.59 Å². The molecular weight excluding hydrogens is 508 g/mol. The van der Waals surface area contributed by atoms with Gasteiger partial charge in [0.2, 0.25) is 0 Å². The Labute approximate surface area is 244 Å². The summed E-state index contributed by atoms with van der Waals surface area (Å²) in [5.74, 6) is 0. The van der Waals surface area contributed by atoms with Crippen LogP contribution in [0.1, 0.15) is 49.9 Å². The van der Waals surface area contributed by atoms with Gasteiger partial charge in [0.1, 0.15) is 0 Å². The lowest BCUT2D eigenvalue weighted by Gasteiger charge is -2.27. The van der Waals surface area contributed by atoms with E-state index in [4.69, 9.17) is 0 Å². The van der Waals surface area contributed by atoms with E-state index in [-0.39, 0.29) is 24.1 Å². The molecule has 0 fully saturated rings. The van der Waals surface area contributed by atoms with Crippen molar-refractivity contribution >= 4 is 23.4 Å². The van der Waals surface area contributed by atoms with Crippen LogP contribution < -0.4 is 10.6 Å². The molecule has 0 saturated heterocycles. The van der Waals surface area contributed by atoms with E-state index in [9.17, 15) is 9.59 Å². The Balaban J connectivity index is 1.31. The van der Waals surface area contributed by atoms with E-state index in [2.05, 4.69) is 10.6 Å². The van der Waals surface area contributed by atoms with Crippen molar-refractivity contribution in [2.75, 3.05) is 10.6 Å². The molecule has 0 unspecified atom stereocenters. The Hall–Kier alpha value is -4.58. The highest BCUT2D eigenvalue weighted by atomic mass is 16.2. The lowest BCUT2D eigenvalue weighted by atomic mass is 10.0. The van der Waals surface area contributed by atoms with E-state index in [1.807, 2.05) is 147 Å². The van der Waals surface area contributed by atoms with E-state index >= 15 is 0 Å². The summed E-state index contributed by atoms with van der Waals surface area (Å²) in [6.45, 7) is 9.20. The molecule has 2 N–H and O–H groups in total. The second kappa shape index (κ2) is 14.2. The minimum absolute atomic E-state index is 0.0690. The van der Waals surface area contributed by atoms with Gasteiger partial charge in [-0.1, -0.05) is 84.9 Å². The van der Waals surface area contributed by atoms with Crippen LogP contribution in [0.25, 0.3) is 0 Å². The summed E-state index contributed by atoms with van der Waals surface area (Å²) in [7, 11) is 0. The number of carbonyl (C=O) groups excluding carboxylic acids is 2. The molecule has 212 valence electrons. The van der Waals surface area contributed by atoms with Crippen molar-refractivity contribution in [3.05, 3.63) is 131 Å². The number of nitrogens with zero attached hydrogens (tertiary/aromatic N) is 2. The van der Waals surface area contributed by atoms with Crippen LogP contribution in [0.5, 0.6) is 0 Å². The number of amides is 4. The maximum atomic E-state index is 13.0. The number of urea groups is 2. The predicted octanol–water partition coefficient (Wildman–Crippen LogP) is 8.16. The van der Waals surface area contributed by atoms with Crippen molar-refractivity contribution in [2.45, 2.75) is 59.3 Å². The number of hydrogen-bond donors (Lipinski definition) is 2. The molecule has 0 heterocycles. The van der Waals surface area contributed by atoms with Crippen LogP contribution >= 0.6 is 0 Å². The fourth-order valence-electron chi connectivity index (χ4n) is 4.58. The summed E-state index contributed by atoms with van der Waals surface area (Å²) in [6, 6.07) is 35.8. The molecule has 0 aliphatic heterocycles. The standard InChI is InChI=1S/C35H40N4O2/c1-26(2)38(24-30-11-7-5-8-12-30)34(40)36-32-19-15-28(16-20-32)23-29-17-21-33(22-18-29)37-35(41)39(27(3)4)25-31-13-9-6-10-14-31/h5-22,26-27H,23-25H2,1-4H3,(H,36,40)(H,37,41). The summed E-state index contributed by atoms with van der Waals surface area (Å²) in [4.78, 5) is 29.6. The van der Waals surface area contributed by atoms with Crippen molar-refractivity contribution in [3.63, 3.8) is 0 Å². The third-order valence-corrected chi connectivity index (χ3v) is 6.98. The molecule has 4 rings (SSSR count). The highest BCUT2D eigenvalue weighted by molar-refractivity contribution is 5.90. The Kier molecular flexibility index (Phi) is 10.2. The smallest absolute Gasteiger partial charge is 0.318 e. The number of carbonyl (C=O) groups is 2. The normalized spacial score (nSPS) is 10.9. The van der Waals surface area contributed by atoms with Gasteiger partial charge in [0.05, 0.1) is 0 Å². The van der Waals surface area contributed by atoms with Crippen LogP contribution in [-0.2, 0) is 19.5 Å². The Morgan fingerprint density at radius 2 is 0.854 bits per heavy atom. The first-order valence-corrected chi connectivity index (χ1v) is 14.2. The molecule has 6 nitrogen and oxygen atoms in total. The van der Waals surface area contributed by atoms with Crippen LogP contribution in [0.2, 0.25) is 0 Å². The zero-order chi connectivity index (χ0) is 29.2. The predicted molar refractivity (Wildman–Crippen MR) is 168 cm³/mol. The second-order valence-electron chi connectivity index (χ2n) is 10.8. The summed E-state index contributed by atoms with van der Waals surface area (Å²) in [6.07, 6.45) is 0.751.